The monoisotopic (exact) mass is 290 g/mol. The third-order valence-corrected chi connectivity index (χ3v) is 2.64. The highest BCUT2D eigenvalue weighted by Gasteiger charge is 2.13. The fourth-order valence-electron chi connectivity index (χ4n) is 1.48. The molecule has 112 valence electrons. The average molecular weight is 290 g/mol. The molecule has 0 spiro atoms. The van der Waals surface area contributed by atoms with Gasteiger partial charge in [-0.05, 0) is 25.8 Å². The number of anilines is 1. The summed E-state index contributed by atoms with van der Waals surface area (Å²) in [6.07, 6.45) is 5.40. The number of hydrogen-bond donors (Lipinski definition) is 1. The number of nitrogens with zero attached hydrogens (tertiary/aromatic N) is 3. The molecule has 5 nitrogen and oxygen atoms in total. The average Bonchev–Trinajstić information content (AvgIpc) is 2.81. The van der Waals surface area contributed by atoms with Crippen molar-refractivity contribution >= 4 is 30.1 Å². The Bertz CT molecular complexity index is 611. The van der Waals surface area contributed by atoms with Crippen LogP contribution in [0.1, 0.15) is 26.5 Å². The molecule has 1 amide bonds. The second-order valence-corrected chi connectivity index (χ2v) is 4.70. The lowest BCUT2D eigenvalue weighted by Gasteiger charge is -2.05. The molecule has 0 saturated heterocycles. The Balaban J connectivity index is 3.09. The van der Waals surface area contributed by atoms with E-state index < -0.39 is 5.83 Å². The highest BCUT2D eigenvalue weighted by Crippen LogP contribution is 2.19. The normalized spacial score (nSPS) is 12.4. The zero-order valence-corrected chi connectivity index (χ0v) is 12.4. The van der Waals surface area contributed by atoms with Gasteiger partial charge in [-0.1, -0.05) is 20.4 Å². The highest BCUT2D eigenvalue weighted by atomic mass is 19.1. The van der Waals surface area contributed by atoms with Crippen LogP contribution in [0.5, 0.6) is 0 Å². The van der Waals surface area contributed by atoms with Crippen LogP contribution in [0.2, 0.25) is 0 Å². The van der Waals surface area contributed by atoms with E-state index in [4.69, 9.17) is 0 Å². The lowest BCUT2D eigenvalue weighted by Crippen LogP contribution is -2.17. The van der Waals surface area contributed by atoms with Crippen LogP contribution in [0.25, 0.3) is 11.8 Å². The second kappa shape index (κ2) is 7.33. The molecule has 0 aliphatic heterocycles. The summed E-state index contributed by atoms with van der Waals surface area (Å²) < 4.78 is 14.8. The molecule has 0 fully saturated rings. The molecule has 1 aromatic heterocycles. The van der Waals surface area contributed by atoms with Gasteiger partial charge in [0.25, 0.3) is 0 Å². The number of allylic oxidation sites excluding steroid dienone is 3. The van der Waals surface area contributed by atoms with Gasteiger partial charge in [0.05, 0.1) is 18.1 Å². The summed E-state index contributed by atoms with van der Waals surface area (Å²) >= 11 is 0. The molecule has 0 saturated carbocycles. The van der Waals surface area contributed by atoms with Gasteiger partial charge in [-0.25, -0.2) is 9.07 Å². The van der Waals surface area contributed by atoms with Crippen LogP contribution in [0.15, 0.2) is 35.9 Å². The fraction of sp³-hybridized carbons (Fsp3) is 0.267. The van der Waals surface area contributed by atoms with Crippen molar-refractivity contribution < 1.29 is 9.18 Å². The number of halogens is 1. The van der Waals surface area contributed by atoms with E-state index in [0.29, 0.717) is 17.1 Å². The third kappa shape index (κ3) is 4.52. The molecule has 1 aromatic rings. The van der Waals surface area contributed by atoms with Crippen LogP contribution in [-0.4, -0.2) is 22.4 Å². The number of aromatic nitrogens is 2. The summed E-state index contributed by atoms with van der Waals surface area (Å²) in [5.74, 6) is -0.811. The quantitative estimate of drug-likeness (QED) is 0.644. The Morgan fingerprint density at radius 1 is 1.57 bits per heavy atom. The van der Waals surface area contributed by atoms with E-state index in [9.17, 15) is 9.18 Å². The molecule has 1 N–H and O–H groups in total. The maximum Gasteiger partial charge on any atom is 0.227 e. The lowest BCUT2D eigenvalue weighted by atomic mass is 10.2. The first-order valence-electron chi connectivity index (χ1n) is 6.42. The van der Waals surface area contributed by atoms with Gasteiger partial charge >= 0.3 is 0 Å². The topological polar surface area (TPSA) is 59.3 Å². The molecule has 0 aliphatic carbocycles. The molecule has 1 heterocycles. The predicted octanol–water partition coefficient (Wildman–Crippen LogP) is 3.49. The van der Waals surface area contributed by atoms with Gasteiger partial charge in [0.2, 0.25) is 5.91 Å². The van der Waals surface area contributed by atoms with Gasteiger partial charge in [0.1, 0.15) is 11.5 Å². The number of nitrogens with one attached hydrogen (secondary N) is 1. The summed E-state index contributed by atoms with van der Waals surface area (Å²) in [6.45, 7) is 12.1. The van der Waals surface area contributed by atoms with Crippen LogP contribution in [0.4, 0.5) is 10.1 Å². The van der Waals surface area contributed by atoms with E-state index in [2.05, 4.69) is 28.7 Å². The maximum atomic E-state index is 13.4. The largest absolute Gasteiger partial charge is 0.323 e. The van der Waals surface area contributed by atoms with E-state index >= 15 is 0 Å². The summed E-state index contributed by atoms with van der Waals surface area (Å²) in [5, 5.41) is 6.99. The Labute approximate surface area is 123 Å². The minimum atomic E-state index is -0.536. The van der Waals surface area contributed by atoms with Gasteiger partial charge in [-0.2, -0.15) is 5.10 Å². The first-order chi connectivity index (χ1) is 9.88. The molecule has 1 rings (SSSR count). The van der Waals surface area contributed by atoms with Crippen LogP contribution in [0, 0.1) is 5.92 Å². The summed E-state index contributed by atoms with van der Waals surface area (Å²) in [4.78, 5) is 15.1. The van der Waals surface area contributed by atoms with Crippen molar-refractivity contribution in [3.05, 3.63) is 36.6 Å². The molecule has 0 aliphatic rings. The summed E-state index contributed by atoms with van der Waals surface area (Å²) in [6, 6.07) is 0. The highest BCUT2D eigenvalue weighted by molar-refractivity contribution is 5.93. The third-order valence-electron chi connectivity index (χ3n) is 2.64. The lowest BCUT2D eigenvalue weighted by molar-refractivity contribution is -0.118. The minimum Gasteiger partial charge on any atom is -0.323 e. The zero-order chi connectivity index (χ0) is 16.0. The second-order valence-electron chi connectivity index (χ2n) is 4.70. The van der Waals surface area contributed by atoms with Gasteiger partial charge in [0, 0.05) is 11.6 Å². The number of amides is 1. The number of carbonyl (C=O) groups is 1. The molecule has 21 heavy (non-hydrogen) atoms. The van der Waals surface area contributed by atoms with Crippen LogP contribution >= 0.6 is 0 Å². The van der Waals surface area contributed by atoms with E-state index in [1.807, 2.05) is 0 Å². The molecule has 0 aromatic carbocycles. The van der Waals surface area contributed by atoms with Crippen molar-refractivity contribution in [3.8, 4) is 0 Å². The van der Waals surface area contributed by atoms with Crippen LogP contribution in [-0.2, 0) is 4.79 Å². The summed E-state index contributed by atoms with van der Waals surface area (Å²) in [7, 11) is 0. The SMILES string of the molecule is C=Cc1nn(/C(C)=C/C(F)=C\N=C)cc1NC(=O)C(C)C. The molecule has 0 radical (unpaired) electrons. The standard InChI is InChI=1S/C15H19FN4O/c1-6-13-14(18-15(21)10(2)3)9-20(19-13)11(4)7-12(16)8-17-5/h6-10H,1,5H2,2-4H3,(H,18,21)/b11-7+,12-8+. The van der Waals surface area contributed by atoms with Crippen molar-refractivity contribution in [1.82, 2.24) is 9.78 Å². The molecular weight excluding hydrogens is 271 g/mol. The first-order valence-corrected chi connectivity index (χ1v) is 6.42. The molecule has 0 unspecified atom stereocenters. The van der Waals surface area contributed by atoms with Crippen LogP contribution < -0.4 is 5.32 Å². The van der Waals surface area contributed by atoms with Gasteiger partial charge < -0.3 is 5.32 Å². The van der Waals surface area contributed by atoms with Crippen molar-refractivity contribution in [2.75, 3.05) is 5.32 Å². The van der Waals surface area contributed by atoms with Gasteiger partial charge in [-0.3, -0.25) is 9.79 Å². The number of rotatable bonds is 6. The Morgan fingerprint density at radius 2 is 2.24 bits per heavy atom. The van der Waals surface area contributed by atoms with E-state index in [0.717, 1.165) is 6.20 Å². The van der Waals surface area contributed by atoms with E-state index in [1.54, 1.807) is 27.0 Å². The van der Waals surface area contributed by atoms with Crippen molar-refractivity contribution in [1.29, 1.82) is 0 Å². The first kappa shape index (κ1) is 16.6. The maximum absolute atomic E-state index is 13.4. The molecule has 0 bridgehead atoms. The minimum absolute atomic E-state index is 0.124. The Morgan fingerprint density at radius 3 is 2.76 bits per heavy atom. The molecule has 0 atom stereocenters. The summed E-state index contributed by atoms with van der Waals surface area (Å²) in [5.41, 5.74) is 1.58. The van der Waals surface area contributed by atoms with Crippen LogP contribution in [0.3, 0.4) is 0 Å². The Kier molecular flexibility index (Phi) is 5.78. The number of carbonyl (C=O) groups excluding carboxylic acids is 1. The molecular formula is C15H19FN4O. The molecule has 6 heteroatoms. The zero-order valence-electron chi connectivity index (χ0n) is 12.4. The smallest absolute Gasteiger partial charge is 0.227 e. The fourth-order valence-corrected chi connectivity index (χ4v) is 1.48. The number of hydrogen-bond acceptors (Lipinski definition) is 3. The van der Waals surface area contributed by atoms with E-state index in [1.165, 1.54) is 16.8 Å². The Hall–Kier alpha value is -2.50. The van der Waals surface area contributed by atoms with Crippen molar-refractivity contribution in [2.45, 2.75) is 20.8 Å². The van der Waals surface area contributed by atoms with Crippen molar-refractivity contribution in [2.24, 2.45) is 10.9 Å². The van der Waals surface area contributed by atoms with Gasteiger partial charge in [-0.15, -0.1) is 0 Å². The number of aliphatic imine (C=N–C) groups is 1. The van der Waals surface area contributed by atoms with E-state index in [-0.39, 0.29) is 11.8 Å². The van der Waals surface area contributed by atoms with Gasteiger partial charge in [0.15, 0.2) is 0 Å². The van der Waals surface area contributed by atoms with Crippen molar-refractivity contribution in [3.63, 3.8) is 0 Å². The predicted molar refractivity (Wildman–Crippen MR) is 84.5 cm³/mol.